The van der Waals surface area contributed by atoms with Gasteiger partial charge < -0.3 is 0 Å². The number of hydrogen-bond acceptors (Lipinski definition) is 3. The molecule has 8 heavy (non-hydrogen) atoms. The lowest BCUT2D eigenvalue weighted by Gasteiger charge is -2.18. The Labute approximate surface area is 56.3 Å². The van der Waals surface area contributed by atoms with Crippen LogP contribution in [0.25, 0.3) is 0 Å². The molecule has 0 N–H and O–H groups in total. The highest BCUT2D eigenvalue weighted by atomic mass is 35.5. The van der Waals surface area contributed by atoms with Crippen molar-refractivity contribution in [1.82, 2.24) is 0 Å². The first-order valence-electron chi connectivity index (χ1n) is 2.04. The highest BCUT2D eigenvalue weighted by molar-refractivity contribution is 6.29. The Hall–Kier alpha value is 0.460. The molecule has 1 aliphatic rings. The predicted molar refractivity (Wildman–Crippen MR) is 27.4 cm³/mol. The number of hydrogen-bond donors (Lipinski definition) is 0. The minimum absolute atomic E-state index is 0.260. The summed E-state index contributed by atoms with van der Waals surface area (Å²) in [5.41, 5.74) is -0.606. The molecule has 0 radical (unpaired) electrons. The van der Waals surface area contributed by atoms with Crippen molar-refractivity contribution in [3.05, 3.63) is 0 Å². The van der Waals surface area contributed by atoms with Crippen molar-refractivity contribution < 1.29 is 14.8 Å². The number of rotatable bonds is 0. The van der Waals surface area contributed by atoms with E-state index in [0.717, 1.165) is 0 Å². The second-order valence-corrected chi connectivity index (χ2v) is 2.31. The van der Waals surface area contributed by atoms with Crippen LogP contribution >= 0.6 is 23.2 Å². The van der Waals surface area contributed by atoms with Gasteiger partial charge in [0.25, 0.3) is 0 Å². The van der Waals surface area contributed by atoms with Gasteiger partial charge in [0.1, 0.15) is 12.0 Å². The Morgan fingerprint density at radius 3 is 2.50 bits per heavy atom. The van der Waals surface area contributed by atoms with Gasteiger partial charge in [0.05, 0.1) is 0 Å². The third-order valence-electron chi connectivity index (χ3n) is 0.691. The largest absolute Gasteiger partial charge is 0.204 e. The van der Waals surface area contributed by atoms with Gasteiger partial charge in [-0.05, 0) is 0 Å². The van der Waals surface area contributed by atoms with Crippen molar-refractivity contribution in [2.24, 2.45) is 0 Å². The van der Waals surface area contributed by atoms with Crippen LogP contribution in [0.1, 0.15) is 0 Å². The van der Waals surface area contributed by atoms with Gasteiger partial charge >= 0.3 is 0 Å². The molecule has 1 aliphatic heterocycles. The Morgan fingerprint density at radius 1 is 1.38 bits per heavy atom. The van der Waals surface area contributed by atoms with E-state index in [1.54, 1.807) is 0 Å². The molecule has 1 fully saturated rings. The van der Waals surface area contributed by atoms with E-state index in [1.165, 1.54) is 0 Å². The summed E-state index contributed by atoms with van der Waals surface area (Å²) < 4.78 is 0. The first-order valence-corrected chi connectivity index (χ1v) is 2.91. The highest BCUT2D eigenvalue weighted by Gasteiger charge is 2.23. The van der Waals surface area contributed by atoms with Crippen LogP contribution in [0.5, 0.6) is 0 Å². The Balaban J connectivity index is 2.28. The third kappa shape index (κ3) is 1.47. The summed E-state index contributed by atoms with van der Waals surface area (Å²) in [4.78, 5) is 8.61. The molecule has 1 saturated heterocycles. The van der Waals surface area contributed by atoms with Crippen LogP contribution in [-0.2, 0) is 14.8 Å². The van der Waals surface area contributed by atoms with Gasteiger partial charge in [-0.25, -0.2) is 4.89 Å². The number of halogens is 2. The average Bonchev–Trinajstić information content (AvgIpc) is 1.77. The molecule has 1 heterocycles. The minimum atomic E-state index is -0.606. The Kier molecular flexibility index (Phi) is 2.34. The van der Waals surface area contributed by atoms with Crippen molar-refractivity contribution in [2.45, 2.75) is 10.9 Å². The maximum Gasteiger partial charge on any atom is 0.188 e. The van der Waals surface area contributed by atoms with Crippen molar-refractivity contribution in [3.63, 3.8) is 0 Å². The first-order chi connectivity index (χ1) is 3.80. The van der Waals surface area contributed by atoms with Crippen molar-refractivity contribution in [3.8, 4) is 0 Å². The zero-order chi connectivity index (χ0) is 5.98. The van der Waals surface area contributed by atoms with Gasteiger partial charge in [0, 0.05) is 0 Å². The van der Waals surface area contributed by atoms with Crippen LogP contribution in [0.3, 0.4) is 0 Å². The van der Waals surface area contributed by atoms with E-state index >= 15 is 0 Å². The van der Waals surface area contributed by atoms with Gasteiger partial charge in [-0.15, -0.1) is 11.6 Å². The summed E-state index contributed by atoms with van der Waals surface area (Å²) >= 11 is 10.9. The molecule has 3 nitrogen and oxygen atoms in total. The van der Waals surface area contributed by atoms with Crippen LogP contribution < -0.4 is 0 Å². The summed E-state index contributed by atoms with van der Waals surface area (Å²) in [7, 11) is 0. The van der Waals surface area contributed by atoms with Crippen molar-refractivity contribution >= 4 is 23.2 Å². The Bertz CT molecular complexity index is 68.9. The zero-order valence-electron chi connectivity index (χ0n) is 3.84. The number of alkyl halides is 2. The summed E-state index contributed by atoms with van der Waals surface area (Å²) in [6.07, 6.45) is 0. The molecule has 0 spiro atoms. The normalized spacial score (nSPS) is 39.8. The molecule has 0 saturated carbocycles. The summed E-state index contributed by atoms with van der Waals surface area (Å²) in [6.45, 7) is 0.260. The fourth-order valence-electron chi connectivity index (χ4n) is 0.294. The van der Waals surface area contributed by atoms with Gasteiger partial charge in [0.2, 0.25) is 0 Å². The van der Waals surface area contributed by atoms with E-state index in [4.69, 9.17) is 23.2 Å². The molecule has 5 heteroatoms. The maximum absolute atomic E-state index is 5.51. The monoisotopic (exact) mass is 158 g/mol. The molecule has 0 aromatic rings. The van der Waals surface area contributed by atoms with Crippen molar-refractivity contribution in [1.29, 1.82) is 0 Å². The zero-order valence-corrected chi connectivity index (χ0v) is 5.35. The summed E-state index contributed by atoms with van der Waals surface area (Å²) in [5, 5.41) is 3.71. The molecule has 2 atom stereocenters. The molecule has 0 aliphatic carbocycles. The SMILES string of the molecule is ClC1COOOC1Cl. The lowest BCUT2D eigenvalue weighted by Crippen LogP contribution is -2.29. The molecule has 0 amide bonds. The van der Waals surface area contributed by atoms with Gasteiger partial charge in [-0.2, -0.15) is 4.89 Å². The maximum atomic E-state index is 5.51. The molecule has 1 rings (SSSR count). The van der Waals surface area contributed by atoms with Gasteiger partial charge in [-0.3, -0.25) is 0 Å². The van der Waals surface area contributed by atoms with Crippen molar-refractivity contribution in [2.75, 3.05) is 6.61 Å². The summed E-state index contributed by atoms with van der Waals surface area (Å²) in [6, 6.07) is 0. The van der Waals surface area contributed by atoms with Crippen LogP contribution in [0.4, 0.5) is 0 Å². The van der Waals surface area contributed by atoms with E-state index in [2.05, 4.69) is 14.8 Å². The van der Waals surface area contributed by atoms with Gasteiger partial charge in [-0.1, -0.05) is 16.6 Å². The molecule has 0 aromatic heterocycles. The average molecular weight is 159 g/mol. The smallest absolute Gasteiger partial charge is 0.188 e. The van der Waals surface area contributed by atoms with E-state index in [1.807, 2.05) is 0 Å². The molecular weight excluding hydrogens is 155 g/mol. The fraction of sp³-hybridized carbons (Fsp3) is 1.00. The van der Waals surface area contributed by atoms with Gasteiger partial charge in [0.15, 0.2) is 5.56 Å². The quantitative estimate of drug-likeness (QED) is 0.390. The molecule has 0 bridgehead atoms. The lowest BCUT2D eigenvalue weighted by molar-refractivity contribution is -0.537. The highest BCUT2D eigenvalue weighted by Crippen LogP contribution is 2.16. The predicted octanol–water partition coefficient (Wildman–Crippen LogP) is 1.05. The second-order valence-electron chi connectivity index (χ2n) is 1.32. The van der Waals surface area contributed by atoms with Crippen LogP contribution in [0.15, 0.2) is 0 Å². The molecule has 2 unspecified atom stereocenters. The molecular formula is C3H4Cl2O3. The van der Waals surface area contributed by atoms with Crippen LogP contribution in [0, 0.1) is 0 Å². The van der Waals surface area contributed by atoms with E-state index in [9.17, 15) is 0 Å². The third-order valence-corrected chi connectivity index (χ3v) is 1.55. The van der Waals surface area contributed by atoms with E-state index in [-0.39, 0.29) is 12.0 Å². The Morgan fingerprint density at radius 2 is 2.12 bits per heavy atom. The van der Waals surface area contributed by atoms with Crippen LogP contribution in [-0.4, -0.2) is 17.5 Å². The summed E-state index contributed by atoms with van der Waals surface area (Å²) in [5.74, 6) is 0. The van der Waals surface area contributed by atoms with E-state index in [0.29, 0.717) is 0 Å². The molecule has 0 aromatic carbocycles. The van der Waals surface area contributed by atoms with Crippen LogP contribution in [0.2, 0.25) is 0 Å². The van der Waals surface area contributed by atoms with E-state index < -0.39 is 5.56 Å². The standard InChI is InChI=1S/C3H4Cl2O3/c4-2-1-6-8-7-3(2)5/h2-3H,1H2. The molecule has 48 valence electrons. The lowest BCUT2D eigenvalue weighted by atomic mass is 10.5. The fourth-order valence-corrected chi connectivity index (χ4v) is 0.490. The minimum Gasteiger partial charge on any atom is -0.204 e. The second kappa shape index (κ2) is 2.85. The first kappa shape index (κ1) is 6.58. The topological polar surface area (TPSA) is 27.7 Å².